The Labute approximate surface area is 101 Å². The second-order valence-corrected chi connectivity index (χ2v) is 3.93. The Hall–Kier alpha value is -2.43. The summed E-state index contributed by atoms with van der Waals surface area (Å²) in [4.78, 5) is 18.1. The third-order valence-electron chi connectivity index (χ3n) is 2.87. The number of methoxy groups -OCH3 is 1. The zero-order valence-corrected chi connectivity index (χ0v) is 9.53. The molecule has 0 amide bonds. The van der Waals surface area contributed by atoms with Crippen molar-refractivity contribution in [3.63, 3.8) is 0 Å². The number of pyridine rings is 1. The molecule has 0 atom stereocenters. The molecule has 4 nitrogen and oxygen atoms in total. The minimum atomic E-state index is -0.527. The van der Waals surface area contributed by atoms with Crippen LogP contribution in [-0.4, -0.2) is 23.0 Å². The summed E-state index contributed by atoms with van der Waals surface area (Å²) in [6, 6.07) is 6.46. The number of hydrogen-bond acceptors (Lipinski definition) is 3. The van der Waals surface area contributed by atoms with Crippen LogP contribution in [0.5, 0.6) is 0 Å². The molecule has 0 unspecified atom stereocenters. The predicted octanol–water partition coefficient (Wildman–Crippen LogP) is 2.64. The van der Waals surface area contributed by atoms with Gasteiger partial charge in [-0.05, 0) is 12.1 Å². The highest BCUT2D eigenvalue weighted by atomic mass is 19.1. The Morgan fingerprint density at radius 2 is 2.11 bits per heavy atom. The Bertz CT molecular complexity index is 764. The molecule has 0 fully saturated rings. The van der Waals surface area contributed by atoms with Crippen molar-refractivity contribution in [1.29, 1.82) is 0 Å². The average molecular weight is 244 g/mol. The molecular formula is C13H9FN2O2. The predicted molar refractivity (Wildman–Crippen MR) is 64.9 cm³/mol. The van der Waals surface area contributed by atoms with E-state index in [1.807, 2.05) is 0 Å². The number of carbonyl (C=O) groups excluding carboxylic acids is 1. The summed E-state index contributed by atoms with van der Waals surface area (Å²) < 4.78 is 17.8. The maximum absolute atomic E-state index is 13.1. The molecule has 3 aromatic rings. The lowest BCUT2D eigenvalue weighted by Crippen LogP contribution is -2.00. The van der Waals surface area contributed by atoms with Crippen molar-refractivity contribution in [2.45, 2.75) is 0 Å². The molecule has 18 heavy (non-hydrogen) atoms. The van der Waals surface area contributed by atoms with E-state index in [-0.39, 0.29) is 0 Å². The SMILES string of the molecule is COC(=O)c1ccc2c(c1)[nH]c1cnc(F)cc12. The molecule has 90 valence electrons. The van der Waals surface area contributed by atoms with Gasteiger partial charge in [-0.3, -0.25) is 0 Å². The normalized spacial score (nSPS) is 11.0. The van der Waals surface area contributed by atoms with Crippen molar-refractivity contribution >= 4 is 27.8 Å². The van der Waals surface area contributed by atoms with E-state index in [4.69, 9.17) is 0 Å². The highest BCUT2D eigenvalue weighted by Crippen LogP contribution is 2.26. The Morgan fingerprint density at radius 1 is 1.28 bits per heavy atom. The van der Waals surface area contributed by atoms with Crippen LogP contribution in [0.25, 0.3) is 21.8 Å². The number of halogens is 1. The van der Waals surface area contributed by atoms with Gasteiger partial charge in [0.1, 0.15) is 0 Å². The fraction of sp³-hybridized carbons (Fsp3) is 0.0769. The van der Waals surface area contributed by atoms with Gasteiger partial charge in [-0.15, -0.1) is 0 Å². The fourth-order valence-electron chi connectivity index (χ4n) is 2.02. The molecule has 0 radical (unpaired) electrons. The van der Waals surface area contributed by atoms with Gasteiger partial charge in [0.05, 0.1) is 24.4 Å². The van der Waals surface area contributed by atoms with Crippen LogP contribution in [0.4, 0.5) is 4.39 Å². The summed E-state index contributed by atoms with van der Waals surface area (Å²) in [6.07, 6.45) is 1.43. The third-order valence-corrected chi connectivity index (χ3v) is 2.87. The first-order chi connectivity index (χ1) is 8.69. The average Bonchev–Trinajstić information content (AvgIpc) is 2.74. The summed E-state index contributed by atoms with van der Waals surface area (Å²) in [7, 11) is 1.33. The second kappa shape index (κ2) is 3.80. The van der Waals surface area contributed by atoms with Gasteiger partial charge < -0.3 is 9.72 Å². The van der Waals surface area contributed by atoms with Gasteiger partial charge in [0.2, 0.25) is 5.95 Å². The smallest absolute Gasteiger partial charge is 0.337 e. The molecule has 0 aliphatic rings. The third kappa shape index (κ3) is 1.52. The first kappa shape index (κ1) is 10.7. The number of fused-ring (bicyclic) bond motifs is 3. The summed E-state index contributed by atoms with van der Waals surface area (Å²) >= 11 is 0. The van der Waals surface area contributed by atoms with Crippen molar-refractivity contribution in [3.8, 4) is 0 Å². The number of H-pyrrole nitrogens is 1. The quantitative estimate of drug-likeness (QED) is 0.529. The number of benzene rings is 1. The molecule has 0 saturated carbocycles. The zero-order valence-electron chi connectivity index (χ0n) is 9.53. The Kier molecular flexibility index (Phi) is 2.26. The van der Waals surface area contributed by atoms with Crippen LogP contribution in [0.3, 0.4) is 0 Å². The molecule has 1 aromatic carbocycles. The first-order valence-electron chi connectivity index (χ1n) is 5.34. The van der Waals surface area contributed by atoms with Crippen molar-refractivity contribution in [2.24, 2.45) is 0 Å². The summed E-state index contributed by atoms with van der Waals surface area (Å²) in [5, 5.41) is 1.59. The maximum Gasteiger partial charge on any atom is 0.337 e. The lowest BCUT2D eigenvalue weighted by atomic mass is 10.1. The second-order valence-electron chi connectivity index (χ2n) is 3.93. The summed E-state index contributed by atoms with van der Waals surface area (Å²) in [6.45, 7) is 0. The highest BCUT2D eigenvalue weighted by molar-refractivity contribution is 6.08. The van der Waals surface area contributed by atoms with Gasteiger partial charge in [-0.2, -0.15) is 4.39 Å². The molecule has 0 saturated heterocycles. The number of nitrogens with zero attached hydrogens (tertiary/aromatic N) is 1. The number of aromatic amines is 1. The van der Waals surface area contributed by atoms with Crippen molar-refractivity contribution in [3.05, 3.63) is 42.0 Å². The van der Waals surface area contributed by atoms with E-state index in [0.29, 0.717) is 5.56 Å². The summed E-state index contributed by atoms with van der Waals surface area (Å²) in [5.74, 6) is -0.930. The van der Waals surface area contributed by atoms with Gasteiger partial charge in [0.15, 0.2) is 0 Å². The largest absolute Gasteiger partial charge is 0.465 e. The van der Waals surface area contributed by atoms with Crippen LogP contribution >= 0.6 is 0 Å². The van der Waals surface area contributed by atoms with Crippen LogP contribution in [-0.2, 0) is 4.74 Å². The number of aromatic nitrogens is 2. The van der Waals surface area contributed by atoms with Crippen LogP contribution in [0.15, 0.2) is 30.5 Å². The van der Waals surface area contributed by atoms with E-state index in [0.717, 1.165) is 21.8 Å². The molecule has 0 bridgehead atoms. The van der Waals surface area contributed by atoms with E-state index in [2.05, 4.69) is 14.7 Å². The molecule has 0 aliphatic heterocycles. The summed E-state index contributed by atoms with van der Waals surface area (Å²) in [5.41, 5.74) is 1.93. The van der Waals surface area contributed by atoms with Crippen molar-refractivity contribution in [1.82, 2.24) is 9.97 Å². The molecule has 3 rings (SSSR count). The lowest BCUT2D eigenvalue weighted by molar-refractivity contribution is 0.0601. The highest BCUT2D eigenvalue weighted by Gasteiger charge is 2.10. The topological polar surface area (TPSA) is 55.0 Å². The molecule has 2 heterocycles. The fourth-order valence-corrected chi connectivity index (χ4v) is 2.02. The molecular weight excluding hydrogens is 235 g/mol. The van der Waals surface area contributed by atoms with Crippen molar-refractivity contribution in [2.75, 3.05) is 7.11 Å². The Balaban J connectivity index is 2.30. The van der Waals surface area contributed by atoms with Gasteiger partial charge >= 0.3 is 5.97 Å². The van der Waals surface area contributed by atoms with Crippen LogP contribution in [0.2, 0.25) is 0 Å². The van der Waals surface area contributed by atoms with E-state index >= 15 is 0 Å². The van der Waals surface area contributed by atoms with Crippen LogP contribution in [0.1, 0.15) is 10.4 Å². The van der Waals surface area contributed by atoms with Gasteiger partial charge in [0.25, 0.3) is 0 Å². The lowest BCUT2D eigenvalue weighted by Gasteiger charge is -1.98. The number of hydrogen-bond donors (Lipinski definition) is 1. The number of carbonyl (C=O) groups is 1. The van der Waals surface area contributed by atoms with E-state index in [9.17, 15) is 9.18 Å². The molecule has 5 heteroatoms. The molecule has 2 aromatic heterocycles. The zero-order chi connectivity index (χ0) is 12.7. The van der Waals surface area contributed by atoms with Crippen LogP contribution in [0, 0.1) is 5.95 Å². The van der Waals surface area contributed by atoms with Gasteiger partial charge in [-0.25, -0.2) is 9.78 Å². The minimum Gasteiger partial charge on any atom is -0.465 e. The van der Waals surface area contributed by atoms with Gasteiger partial charge in [0, 0.05) is 22.4 Å². The van der Waals surface area contributed by atoms with E-state index in [1.54, 1.807) is 18.2 Å². The minimum absolute atomic E-state index is 0.403. The van der Waals surface area contributed by atoms with E-state index < -0.39 is 11.9 Å². The van der Waals surface area contributed by atoms with Crippen molar-refractivity contribution < 1.29 is 13.9 Å². The maximum atomic E-state index is 13.1. The van der Waals surface area contributed by atoms with Crippen LogP contribution < -0.4 is 0 Å². The molecule has 0 aliphatic carbocycles. The van der Waals surface area contributed by atoms with Gasteiger partial charge in [-0.1, -0.05) is 6.07 Å². The van der Waals surface area contributed by atoms with E-state index in [1.165, 1.54) is 19.4 Å². The standard InChI is InChI=1S/C13H9FN2O2/c1-18-13(17)7-2-3-8-9-5-12(14)15-6-11(9)16-10(8)4-7/h2-6,16H,1H3. The monoisotopic (exact) mass is 244 g/mol. The number of rotatable bonds is 1. The molecule has 0 spiro atoms. The first-order valence-corrected chi connectivity index (χ1v) is 5.34. The number of nitrogens with one attached hydrogen (secondary N) is 1. The number of esters is 1. The Morgan fingerprint density at radius 3 is 2.89 bits per heavy atom. The molecule has 1 N–H and O–H groups in total. The number of ether oxygens (including phenoxy) is 1.